The molecule has 1 amide bonds. The van der Waals surface area contributed by atoms with E-state index >= 15 is 0 Å². The van der Waals surface area contributed by atoms with E-state index in [1.807, 2.05) is 6.92 Å². The number of aliphatic hydroxyl groups is 8. The van der Waals surface area contributed by atoms with E-state index in [0.717, 1.165) is 11.5 Å². The number of ether oxygens (including phenoxy) is 2. The summed E-state index contributed by atoms with van der Waals surface area (Å²) in [5.74, 6) is -5.20. The van der Waals surface area contributed by atoms with E-state index in [2.05, 4.69) is 58.5 Å². The second-order valence-electron chi connectivity index (χ2n) is 26.5. The van der Waals surface area contributed by atoms with Crippen LogP contribution in [-0.4, -0.2) is 160 Å². The summed E-state index contributed by atoms with van der Waals surface area (Å²) in [5.41, 5.74) is 4.24. The van der Waals surface area contributed by atoms with Crippen molar-refractivity contribution < 1.29 is 65.0 Å². The third-order valence-corrected chi connectivity index (χ3v) is 24.0. The second-order valence-corrected chi connectivity index (χ2v) is 26.5. The fraction of sp³-hybridized carbons (Fsp3) is 0.786. The maximum absolute atomic E-state index is 14.6. The first-order valence-corrected chi connectivity index (χ1v) is 28.1. The molecule has 2 aromatic rings. The van der Waals surface area contributed by atoms with Gasteiger partial charge in [0, 0.05) is 65.1 Å². The number of nitrogens with zero attached hydrogens (tertiary/aromatic N) is 2. The zero-order chi connectivity index (χ0) is 53.9. The minimum atomic E-state index is -1.70. The molecule has 2 saturated heterocycles. The van der Waals surface area contributed by atoms with E-state index in [9.17, 15) is 55.5 Å². The van der Waals surface area contributed by atoms with Crippen molar-refractivity contribution in [2.75, 3.05) is 38.3 Å². The highest BCUT2D eigenvalue weighted by Crippen LogP contribution is 2.88. The number of rotatable bonds is 12. The van der Waals surface area contributed by atoms with Crippen molar-refractivity contribution in [3.05, 3.63) is 53.5 Å². The minimum absolute atomic E-state index is 0.0665. The second kappa shape index (κ2) is 18.1. The lowest BCUT2D eigenvalue weighted by Crippen LogP contribution is -2.81. The van der Waals surface area contributed by atoms with Gasteiger partial charge in [-0.25, -0.2) is 9.97 Å². The Hall–Kier alpha value is -3.80. The van der Waals surface area contributed by atoms with Gasteiger partial charge in [0.25, 0.3) is 0 Å². The summed E-state index contributed by atoms with van der Waals surface area (Å²) in [7, 11) is 0. The summed E-state index contributed by atoms with van der Waals surface area (Å²) in [5, 5.41) is 111. The van der Waals surface area contributed by atoms with Gasteiger partial charge in [0.05, 0.1) is 61.7 Å². The van der Waals surface area contributed by atoms with Gasteiger partial charge in [0.1, 0.15) is 30.4 Å². The summed E-state index contributed by atoms with van der Waals surface area (Å²) in [6, 6.07) is -0.653. The van der Waals surface area contributed by atoms with Crippen LogP contribution in [0.1, 0.15) is 109 Å². The number of carboxylic acid groups (broad SMARTS) is 1. The quantitative estimate of drug-likeness (QED) is 0.0817. The molecule has 12 rings (SSSR count). The number of nitrogens with two attached hydrogens (primary N) is 1. The lowest BCUT2D eigenvalue weighted by atomic mass is 9.20. The summed E-state index contributed by atoms with van der Waals surface area (Å²) in [6.07, 6.45) is 5.32. The van der Waals surface area contributed by atoms with Crippen LogP contribution >= 0.6 is 0 Å². The van der Waals surface area contributed by atoms with Crippen molar-refractivity contribution >= 4 is 17.7 Å². The Morgan fingerprint density at radius 1 is 0.974 bits per heavy atom. The van der Waals surface area contributed by atoms with Crippen LogP contribution in [0.15, 0.2) is 42.1 Å². The maximum atomic E-state index is 14.6. The SMILES string of the molecule is CC1(CO)CCC2(C(=O)O)C(C1)C1=CCC34C5=CC(C6C(CO)C(=O)NC6C(CCC(N)O)c6cnc[nH]6)C6C(O)C(OC7OCC(O)C(O)C7O)C(C)(CO)C(CCC3(C)C1(CC5)C1Cc3[nH]cnc3NCC12)C64C. The van der Waals surface area contributed by atoms with Crippen LogP contribution < -0.4 is 16.4 Å². The van der Waals surface area contributed by atoms with Crippen molar-refractivity contribution in [1.29, 1.82) is 0 Å². The van der Waals surface area contributed by atoms with Gasteiger partial charge in [-0.05, 0) is 116 Å². The van der Waals surface area contributed by atoms with Crippen LogP contribution in [0.2, 0.25) is 0 Å². The lowest BCUT2D eigenvalue weighted by molar-refractivity contribution is -0.361. The zero-order valence-electron chi connectivity index (χ0n) is 44.1. The molecule has 3 aliphatic heterocycles. The zero-order valence-corrected chi connectivity index (χ0v) is 44.1. The summed E-state index contributed by atoms with van der Waals surface area (Å²) in [6.45, 7) is 7.80. The number of aliphatic hydroxyl groups excluding tert-OH is 8. The van der Waals surface area contributed by atoms with Gasteiger partial charge in [-0.1, -0.05) is 51.0 Å². The number of allylic oxidation sites excluding steroid dienone is 4. The fourth-order valence-corrected chi connectivity index (χ4v) is 20.9. The molecule has 2 spiro atoms. The van der Waals surface area contributed by atoms with Crippen LogP contribution in [0.3, 0.4) is 0 Å². The van der Waals surface area contributed by atoms with Crippen molar-refractivity contribution in [3.63, 3.8) is 0 Å². The van der Waals surface area contributed by atoms with Gasteiger partial charge < -0.3 is 81.8 Å². The molecule has 7 fully saturated rings. The number of fused-ring (bicyclic) bond motifs is 5. The fourth-order valence-electron chi connectivity index (χ4n) is 20.9. The van der Waals surface area contributed by atoms with Gasteiger partial charge in [0.15, 0.2) is 6.29 Å². The molecule has 0 radical (unpaired) electrons. The number of hydrogen-bond acceptors (Lipinski definition) is 16. The number of H-pyrrole nitrogens is 2. The molecule has 20 nitrogen and oxygen atoms in total. The molecule has 20 heteroatoms. The normalized spacial score (nSPS) is 49.7. The van der Waals surface area contributed by atoms with Gasteiger partial charge >= 0.3 is 5.97 Å². The Kier molecular flexibility index (Phi) is 12.6. The highest BCUT2D eigenvalue weighted by Gasteiger charge is 2.85. The van der Waals surface area contributed by atoms with E-state index in [1.165, 1.54) is 11.1 Å². The number of nitrogens with one attached hydrogen (secondary N) is 4. The monoisotopic (exact) mass is 1060 g/mol. The average Bonchev–Trinajstić information content (AvgIpc) is 4.00. The predicted molar refractivity (Wildman–Crippen MR) is 272 cm³/mol. The van der Waals surface area contributed by atoms with Crippen molar-refractivity contribution in [2.45, 2.75) is 153 Å². The Morgan fingerprint density at radius 2 is 1.76 bits per heavy atom. The third kappa shape index (κ3) is 6.63. The summed E-state index contributed by atoms with van der Waals surface area (Å²) < 4.78 is 12.7. The Bertz CT molecular complexity index is 2650. The topological polar surface area (TPSA) is 342 Å². The number of imidazole rings is 2. The smallest absolute Gasteiger partial charge is 0.310 e. The number of carbonyl (C=O) groups is 2. The number of amides is 1. The van der Waals surface area contributed by atoms with Crippen molar-refractivity contribution in [1.82, 2.24) is 25.3 Å². The first-order valence-electron chi connectivity index (χ1n) is 28.1. The van der Waals surface area contributed by atoms with Crippen molar-refractivity contribution in [3.8, 4) is 0 Å². The first-order chi connectivity index (χ1) is 36.2. The van der Waals surface area contributed by atoms with E-state index in [0.29, 0.717) is 76.4 Å². The molecular weight excluding hydrogens is 979 g/mol. The molecule has 24 unspecified atom stereocenters. The molecular formula is C56H81N7O13. The summed E-state index contributed by atoms with van der Waals surface area (Å²) >= 11 is 0. The molecule has 5 heterocycles. The van der Waals surface area contributed by atoms with Crippen LogP contribution in [0, 0.1) is 85.2 Å². The largest absolute Gasteiger partial charge is 0.481 e. The molecule has 76 heavy (non-hydrogen) atoms. The average molecular weight is 1060 g/mol. The van der Waals surface area contributed by atoms with Crippen LogP contribution in [0.5, 0.6) is 0 Å². The molecule has 2 aromatic heterocycles. The molecule has 24 atom stereocenters. The van der Waals surface area contributed by atoms with E-state index in [4.69, 9.17) is 20.2 Å². The number of carbonyl (C=O) groups excluding carboxylic acids is 1. The molecule has 7 aliphatic carbocycles. The summed E-state index contributed by atoms with van der Waals surface area (Å²) in [4.78, 5) is 44.9. The molecule has 10 aliphatic rings. The molecule has 5 saturated carbocycles. The van der Waals surface area contributed by atoms with Crippen LogP contribution in [0.4, 0.5) is 5.82 Å². The molecule has 418 valence electrons. The minimum Gasteiger partial charge on any atom is -0.481 e. The third-order valence-electron chi connectivity index (χ3n) is 24.0. The van der Waals surface area contributed by atoms with Crippen LogP contribution in [-0.2, 0) is 25.5 Å². The van der Waals surface area contributed by atoms with E-state index < -0.39 is 142 Å². The highest BCUT2D eigenvalue weighted by molar-refractivity contribution is 5.82. The first kappa shape index (κ1) is 52.9. The van der Waals surface area contributed by atoms with Gasteiger partial charge in [0.2, 0.25) is 5.91 Å². The number of hydrogen-bond donors (Lipinski definition) is 14. The maximum Gasteiger partial charge on any atom is 0.310 e. The Morgan fingerprint density at radius 3 is 2.46 bits per heavy atom. The standard InChI is InChI=1S/C56H81N7O13/c1-50(22-65)13-14-54(49(73)74)32(17-50)30-8-12-56-26-7-11-55(30,31-16-34-46(62-25-61-34)59-18-33(31)54)52(56,3)10-9-37-51(2,23-66)45(76-48-44(71)42(69)36(67)21-75-48)43(70)40(53(37,56)4)28(15-26)39-29(20-64)47(72)63-41(39)27(5-6-38(57)68)35-19-58-24-60-35/h8,15,19,24-25,27-29,31-33,36-45,48,59,64-71H,5-7,9-14,16-18,20-23,57H2,1-4H3,(H,58,60)(H,61,62)(H,63,72)(H,73,74). The Balaban J connectivity index is 1.10. The molecule has 2 bridgehead atoms. The van der Waals surface area contributed by atoms with E-state index in [1.54, 1.807) is 18.9 Å². The number of anilines is 1. The molecule has 0 aromatic carbocycles. The predicted octanol–water partition coefficient (Wildman–Crippen LogP) is 1.67. The Labute approximate surface area is 442 Å². The van der Waals surface area contributed by atoms with Crippen LogP contribution in [0.25, 0.3) is 0 Å². The number of aromatic amines is 2. The van der Waals surface area contributed by atoms with Gasteiger partial charge in [-0.3, -0.25) is 9.59 Å². The van der Waals surface area contributed by atoms with Gasteiger partial charge in [-0.2, -0.15) is 0 Å². The van der Waals surface area contributed by atoms with Crippen molar-refractivity contribution in [2.24, 2.45) is 91.0 Å². The highest BCUT2D eigenvalue weighted by atomic mass is 16.7. The van der Waals surface area contributed by atoms with E-state index in [-0.39, 0.29) is 43.3 Å². The lowest BCUT2D eigenvalue weighted by Gasteiger charge is -2.83. The number of carboxylic acids is 1. The number of aromatic nitrogens is 4. The van der Waals surface area contributed by atoms with Gasteiger partial charge in [-0.15, -0.1) is 0 Å². The number of aliphatic carboxylic acids is 1. The molecule has 15 N–H and O–H groups in total.